The van der Waals surface area contributed by atoms with E-state index in [-0.39, 0.29) is 38.0 Å². The lowest BCUT2D eigenvalue weighted by Gasteiger charge is -2.33. The molecule has 1 aromatic heterocycles. The van der Waals surface area contributed by atoms with E-state index >= 15 is 0 Å². The molecule has 1 heterocycles. The van der Waals surface area contributed by atoms with Crippen molar-refractivity contribution < 1.29 is 33.8 Å². The highest BCUT2D eigenvalue weighted by Gasteiger charge is 2.38. The van der Waals surface area contributed by atoms with E-state index in [1.165, 1.54) is 0 Å². The molecule has 0 aliphatic heterocycles. The van der Waals surface area contributed by atoms with Gasteiger partial charge in [-0.15, -0.1) is 0 Å². The number of carbonyl (C=O) groups excluding carboxylic acids is 4. The summed E-state index contributed by atoms with van der Waals surface area (Å²) in [6.07, 6.45) is -2.15. The molecule has 13 nitrogen and oxygen atoms in total. The maximum Gasteiger partial charge on any atom is 0.408 e. The average molecular weight is 777 g/mol. The van der Waals surface area contributed by atoms with E-state index in [0.29, 0.717) is 5.82 Å². The van der Waals surface area contributed by atoms with Crippen molar-refractivity contribution in [1.82, 2.24) is 31.2 Å². The number of para-hydroxylation sites is 2. The minimum absolute atomic E-state index is 0.0170. The Balaban J connectivity index is 1.35. The van der Waals surface area contributed by atoms with Crippen LogP contribution in [-0.2, 0) is 50.0 Å². The van der Waals surface area contributed by atoms with Crippen LogP contribution < -0.4 is 21.3 Å². The summed E-state index contributed by atoms with van der Waals surface area (Å²) in [5, 5.41) is 23.8. The monoisotopic (exact) mass is 776 g/mol. The molecule has 13 heteroatoms. The van der Waals surface area contributed by atoms with E-state index in [0.717, 1.165) is 27.7 Å². The third-order valence-electron chi connectivity index (χ3n) is 9.47. The first-order valence-corrected chi connectivity index (χ1v) is 19.2. The van der Waals surface area contributed by atoms with Crippen LogP contribution in [0, 0.1) is 11.8 Å². The molecular weight excluding hydrogens is 725 g/mol. The quantitative estimate of drug-likeness (QED) is 0.0633. The Kier molecular flexibility index (Phi) is 15.3. The van der Waals surface area contributed by atoms with Gasteiger partial charge in [0.1, 0.15) is 37.2 Å². The lowest BCUT2D eigenvalue weighted by Crippen LogP contribution is -2.63. The molecule has 0 aliphatic carbocycles. The summed E-state index contributed by atoms with van der Waals surface area (Å²) in [7, 11) is 0. The third-order valence-corrected chi connectivity index (χ3v) is 9.47. The second-order valence-electron chi connectivity index (χ2n) is 14.6. The molecule has 3 amide bonds. The Hall–Kier alpha value is -6.05. The summed E-state index contributed by atoms with van der Waals surface area (Å²) >= 11 is 0. The molecule has 5 atom stereocenters. The minimum Gasteiger partial charge on any atom is -0.456 e. The van der Waals surface area contributed by atoms with Crippen LogP contribution in [0.2, 0.25) is 0 Å². The van der Waals surface area contributed by atoms with Crippen molar-refractivity contribution in [1.29, 1.82) is 0 Å². The highest BCUT2D eigenvalue weighted by molar-refractivity contribution is 5.89. The van der Waals surface area contributed by atoms with Gasteiger partial charge in [0.2, 0.25) is 11.8 Å². The standard InChI is InChI=1S/C44H52N6O7/c1-28(2)37(50-44(55)57-26-32-20-12-7-13-21-32)41(52)48-35(24-30-16-8-5-9-17-30)40(51)39(45-25-31-18-10-6-11-19-31)42(53)49-38(29(3)4)43(54)56-27-36-46-33-22-14-15-23-34(33)47-36/h5-23,28-29,35,37-40,45,51H,24-27H2,1-4H3,(H,46,47)(H,48,52)(H,49,53)(H,50,55)/t35?,37?,38-,39?,40?/m1/s1. The molecule has 5 aromatic rings. The summed E-state index contributed by atoms with van der Waals surface area (Å²) in [6.45, 7) is 7.18. The predicted octanol–water partition coefficient (Wildman–Crippen LogP) is 4.94. The molecule has 0 aliphatic rings. The minimum atomic E-state index is -1.52. The van der Waals surface area contributed by atoms with Gasteiger partial charge in [0.05, 0.1) is 23.2 Å². The SMILES string of the molecule is CC(C)C(NC(=O)OCc1ccccc1)C(=O)NC(Cc1ccccc1)C(O)C(NCc1ccccc1)C(=O)N[C@@H](C(=O)OCc1nc2ccccc2[nH]1)C(C)C. The van der Waals surface area contributed by atoms with Crippen molar-refractivity contribution in [3.8, 4) is 0 Å². The molecule has 0 bridgehead atoms. The Morgan fingerprint density at radius 3 is 1.81 bits per heavy atom. The number of rotatable bonds is 19. The Morgan fingerprint density at radius 1 is 0.632 bits per heavy atom. The first-order chi connectivity index (χ1) is 27.5. The van der Waals surface area contributed by atoms with E-state index in [2.05, 4.69) is 31.2 Å². The number of nitrogens with one attached hydrogen (secondary N) is 5. The molecule has 6 N–H and O–H groups in total. The molecule has 4 aromatic carbocycles. The van der Waals surface area contributed by atoms with Gasteiger partial charge >= 0.3 is 12.1 Å². The molecule has 5 rings (SSSR count). The zero-order chi connectivity index (χ0) is 40.7. The van der Waals surface area contributed by atoms with Gasteiger partial charge in [0, 0.05) is 6.54 Å². The molecule has 0 saturated heterocycles. The van der Waals surface area contributed by atoms with Crippen LogP contribution in [-0.4, -0.2) is 69.2 Å². The van der Waals surface area contributed by atoms with Crippen molar-refractivity contribution in [2.24, 2.45) is 11.8 Å². The largest absolute Gasteiger partial charge is 0.456 e. The number of esters is 1. The number of aromatic nitrogens is 2. The van der Waals surface area contributed by atoms with E-state index in [1.54, 1.807) is 27.7 Å². The maximum atomic E-state index is 14.3. The molecule has 0 fully saturated rings. The van der Waals surface area contributed by atoms with Gasteiger partial charge in [0.25, 0.3) is 0 Å². The summed E-state index contributed by atoms with van der Waals surface area (Å²) in [5.74, 6) is -2.21. The number of hydrogen-bond donors (Lipinski definition) is 6. The Morgan fingerprint density at radius 2 is 1.19 bits per heavy atom. The van der Waals surface area contributed by atoms with Crippen LogP contribution in [0.1, 0.15) is 50.2 Å². The van der Waals surface area contributed by atoms with Crippen molar-refractivity contribution >= 4 is 34.9 Å². The number of hydrogen-bond acceptors (Lipinski definition) is 9. The number of H-pyrrole nitrogens is 1. The zero-order valence-corrected chi connectivity index (χ0v) is 32.7. The number of benzene rings is 4. The average Bonchev–Trinajstić information content (AvgIpc) is 3.64. The van der Waals surface area contributed by atoms with Crippen molar-refractivity contribution in [3.05, 3.63) is 138 Å². The number of fused-ring (bicyclic) bond motifs is 1. The highest BCUT2D eigenvalue weighted by atomic mass is 16.5. The molecular formula is C44H52N6O7. The Labute approximate surface area is 333 Å². The third kappa shape index (κ3) is 12.5. The first-order valence-electron chi connectivity index (χ1n) is 19.2. The van der Waals surface area contributed by atoms with E-state index < -0.39 is 54.1 Å². The number of alkyl carbamates (subject to hydrolysis) is 1. The number of imidazole rings is 1. The van der Waals surface area contributed by atoms with Crippen LogP contribution in [0.25, 0.3) is 11.0 Å². The summed E-state index contributed by atoms with van der Waals surface area (Å²) in [5.41, 5.74) is 3.95. The fourth-order valence-corrected chi connectivity index (χ4v) is 6.29. The van der Waals surface area contributed by atoms with Crippen LogP contribution in [0.3, 0.4) is 0 Å². The first kappa shape index (κ1) is 42.1. The van der Waals surface area contributed by atoms with Crippen LogP contribution >= 0.6 is 0 Å². The number of carbonyl (C=O) groups is 4. The van der Waals surface area contributed by atoms with Gasteiger partial charge in [-0.25, -0.2) is 14.6 Å². The summed E-state index contributed by atoms with van der Waals surface area (Å²) < 4.78 is 11.0. The molecule has 57 heavy (non-hydrogen) atoms. The normalized spacial score (nSPS) is 13.9. The van der Waals surface area contributed by atoms with Crippen LogP contribution in [0.15, 0.2) is 115 Å². The lowest BCUT2D eigenvalue weighted by atomic mass is 9.93. The summed E-state index contributed by atoms with van der Waals surface area (Å²) in [6, 6.07) is 30.7. The Bertz CT molecular complexity index is 2010. The second kappa shape index (κ2) is 20.7. The van der Waals surface area contributed by atoms with Gasteiger partial charge in [-0.3, -0.25) is 14.9 Å². The topological polar surface area (TPSA) is 184 Å². The highest BCUT2D eigenvalue weighted by Crippen LogP contribution is 2.16. The summed E-state index contributed by atoms with van der Waals surface area (Å²) in [4.78, 5) is 62.2. The smallest absolute Gasteiger partial charge is 0.408 e. The van der Waals surface area contributed by atoms with Crippen molar-refractivity contribution in [2.75, 3.05) is 0 Å². The predicted molar refractivity (Wildman–Crippen MR) is 216 cm³/mol. The van der Waals surface area contributed by atoms with Crippen molar-refractivity contribution in [3.63, 3.8) is 0 Å². The van der Waals surface area contributed by atoms with Gasteiger partial charge in [0.15, 0.2) is 0 Å². The van der Waals surface area contributed by atoms with Gasteiger partial charge < -0.3 is 35.5 Å². The number of nitrogens with zero attached hydrogens (tertiary/aromatic N) is 1. The van der Waals surface area contributed by atoms with Gasteiger partial charge in [-0.1, -0.05) is 131 Å². The molecule has 0 radical (unpaired) electrons. The number of aromatic amines is 1. The van der Waals surface area contributed by atoms with Crippen molar-refractivity contribution in [2.45, 2.75) is 84.1 Å². The maximum absolute atomic E-state index is 14.3. The molecule has 0 saturated carbocycles. The molecule has 300 valence electrons. The lowest BCUT2D eigenvalue weighted by molar-refractivity contribution is -0.151. The van der Waals surface area contributed by atoms with Crippen LogP contribution in [0.5, 0.6) is 0 Å². The number of aliphatic hydroxyl groups excluding tert-OH is 1. The fraction of sp³-hybridized carbons (Fsp3) is 0.341. The van der Waals surface area contributed by atoms with Gasteiger partial charge in [-0.05, 0) is 47.1 Å². The van der Waals surface area contributed by atoms with Crippen LogP contribution in [0.4, 0.5) is 4.79 Å². The number of ether oxygens (including phenoxy) is 2. The molecule has 4 unspecified atom stereocenters. The molecule has 0 spiro atoms. The van der Waals surface area contributed by atoms with E-state index in [4.69, 9.17) is 9.47 Å². The fourth-order valence-electron chi connectivity index (χ4n) is 6.29. The number of aliphatic hydroxyl groups is 1. The van der Waals surface area contributed by atoms with Gasteiger partial charge in [-0.2, -0.15) is 0 Å². The zero-order valence-electron chi connectivity index (χ0n) is 32.7. The number of amides is 3. The second-order valence-corrected chi connectivity index (χ2v) is 14.6. The van der Waals surface area contributed by atoms with E-state index in [1.807, 2.05) is 115 Å². The van der Waals surface area contributed by atoms with E-state index in [9.17, 15) is 24.3 Å².